The molecule has 0 bridgehead atoms. The predicted octanol–water partition coefficient (Wildman–Crippen LogP) is 1.13. The first-order valence-electron chi connectivity index (χ1n) is 3.70. The summed E-state index contributed by atoms with van der Waals surface area (Å²) in [5.41, 5.74) is 0. The zero-order valence-corrected chi connectivity index (χ0v) is 10.3. The van der Waals surface area contributed by atoms with Gasteiger partial charge in [0.2, 0.25) is 0 Å². The van der Waals surface area contributed by atoms with E-state index in [1.54, 1.807) is 0 Å². The molecule has 0 aromatic rings. The lowest BCUT2D eigenvalue weighted by Crippen LogP contribution is -1.97. The molecule has 0 spiro atoms. The van der Waals surface area contributed by atoms with Gasteiger partial charge in [0.05, 0.1) is 13.2 Å². The fraction of sp³-hybridized carbons (Fsp3) is 0.600. The van der Waals surface area contributed by atoms with Crippen LogP contribution >= 0.6 is 26.0 Å². The minimum absolute atomic E-state index is 0.0849. The van der Waals surface area contributed by atoms with Crippen molar-refractivity contribution in [2.75, 3.05) is 19.0 Å². The van der Waals surface area contributed by atoms with Crippen LogP contribution in [0.4, 0.5) is 0 Å². The Bertz CT molecular complexity index is 287. The largest absolute Gasteiger partial charge is 0.477 e. The molecular formula is C5H12O7P2S. The lowest BCUT2D eigenvalue weighted by atomic mass is 10.7. The van der Waals surface area contributed by atoms with E-state index in [0.29, 0.717) is 18.0 Å². The third kappa shape index (κ3) is 10.6. The molecule has 10 heteroatoms. The second kappa shape index (κ2) is 6.83. The van der Waals surface area contributed by atoms with E-state index in [1.165, 1.54) is 6.08 Å². The summed E-state index contributed by atoms with van der Waals surface area (Å²) < 4.78 is 29.8. The van der Waals surface area contributed by atoms with E-state index in [4.69, 9.17) is 19.4 Å². The summed E-state index contributed by atoms with van der Waals surface area (Å²) in [4.78, 5) is 25.5. The first-order chi connectivity index (χ1) is 6.77. The molecule has 0 aromatic carbocycles. The van der Waals surface area contributed by atoms with Crippen molar-refractivity contribution in [3.05, 3.63) is 12.7 Å². The van der Waals surface area contributed by atoms with Crippen molar-refractivity contribution in [1.29, 1.82) is 0 Å². The first-order valence-corrected chi connectivity index (χ1v) is 8.39. The summed E-state index contributed by atoms with van der Waals surface area (Å²) in [5.74, 6) is 0.0849. The predicted molar refractivity (Wildman–Crippen MR) is 56.4 cm³/mol. The molecule has 1 atom stereocenters. The van der Waals surface area contributed by atoms with Crippen LogP contribution in [0.1, 0.15) is 0 Å². The summed E-state index contributed by atoms with van der Waals surface area (Å²) in [6.07, 6.45) is 1.51. The van der Waals surface area contributed by atoms with Gasteiger partial charge in [0.25, 0.3) is 0 Å². The van der Waals surface area contributed by atoms with Crippen molar-refractivity contribution < 1.29 is 32.9 Å². The van der Waals surface area contributed by atoms with Crippen molar-refractivity contribution in [3.8, 4) is 0 Å². The highest BCUT2D eigenvalue weighted by Gasteiger charge is 2.30. The van der Waals surface area contributed by atoms with Crippen LogP contribution in [-0.4, -0.2) is 33.6 Å². The van der Waals surface area contributed by atoms with Crippen molar-refractivity contribution in [1.82, 2.24) is 0 Å². The van der Waals surface area contributed by atoms with Crippen LogP contribution < -0.4 is 0 Å². The van der Waals surface area contributed by atoms with Crippen LogP contribution in [0.3, 0.4) is 0 Å². The zero-order chi connectivity index (χ0) is 11.9. The third-order valence-corrected chi connectivity index (χ3v) is 5.41. The van der Waals surface area contributed by atoms with E-state index in [0.717, 1.165) is 0 Å². The maximum absolute atomic E-state index is 11.0. The monoisotopic (exact) mass is 278 g/mol. The van der Waals surface area contributed by atoms with E-state index < -0.39 is 14.6 Å². The van der Waals surface area contributed by atoms with Gasteiger partial charge in [0, 0.05) is 5.75 Å². The fourth-order valence-corrected chi connectivity index (χ4v) is 4.34. The van der Waals surface area contributed by atoms with Crippen LogP contribution in [0.25, 0.3) is 0 Å². The standard InChI is InChI=1S/C5H12O7P2S/c1-2-3-11-4-5-15-14(9,10)12-13(6,7)8/h2H,1,3-5H2,(H,9,10)(H2,6,7,8). The number of hydrogen-bond acceptors (Lipinski definition) is 5. The molecule has 7 nitrogen and oxygen atoms in total. The van der Waals surface area contributed by atoms with Crippen LogP contribution in [-0.2, 0) is 18.2 Å². The highest BCUT2D eigenvalue weighted by Crippen LogP contribution is 2.64. The molecule has 0 fully saturated rings. The number of hydrogen-bond donors (Lipinski definition) is 3. The average Bonchev–Trinajstić information content (AvgIpc) is 1.99. The second-order valence-corrected chi connectivity index (χ2v) is 7.63. The quantitative estimate of drug-likeness (QED) is 0.344. The Kier molecular flexibility index (Phi) is 6.99. The molecular weight excluding hydrogens is 266 g/mol. The van der Waals surface area contributed by atoms with Crippen LogP contribution in [0.2, 0.25) is 0 Å². The summed E-state index contributed by atoms with van der Waals surface area (Å²) >= 11 is 0.393. The molecule has 15 heavy (non-hydrogen) atoms. The molecule has 0 heterocycles. The summed E-state index contributed by atoms with van der Waals surface area (Å²) in [6.45, 7) is -0.463. The fourth-order valence-electron chi connectivity index (χ4n) is 0.536. The smallest absolute Gasteiger partial charge is 0.377 e. The van der Waals surface area contributed by atoms with Gasteiger partial charge in [-0.1, -0.05) is 6.08 Å². The van der Waals surface area contributed by atoms with Gasteiger partial charge in [-0.05, 0) is 11.4 Å². The summed E-state index contributed by atoms with van der Waals surface area (Å²) in [5, 5.41) is 0. The maximum atomic E-state index is 11.0. The van der Waals surface area contributed by atoms with Gasteiger partial charge in [-0.2, -0.15) is 4.31 Å². The number of rotatable bonds is 8. The van der Waals surface area contributed by atoms with Gasteiger partial charge in [0.1, 0.15) is 0 Å². The molecule has 0 aliphatic carbocycles. The highest BCUT2D eigenvalue weighted by molar-refractivity contribution is 8.55. The summed E-state index contributed by atoms with van der Waals surface area (Å²) in [7, 11) is -4.94. The van der Waals surface area contributed by atoms with Gasteiger partial charge in [-0.15, -0.1) is 6.58 Å². The average molecular weight is 278 g/mol. The van der Waals surface area contributed by atoms with Crippen molar-refractivity contribution in [3.63, 3.8) is 0 Å². The Morgan fingerprint density at radius 1 is 1.33 bits per heavy atom. The van der Waals surface area contributed by atoms with E-state index in [-0.39, 0.29) is 12.4 Å². The zero-order valence-electron chi connectivity index (χ0n) is 7.68. The molecule has 3 N–H and O–H groups in total. The van der Waals surface area contributed by atoms with Crippen molar-refractivity contribution in [2.24, 2.45) is 0 Å². The highest BCUT2D eigenvalue weighted by atomic mass is 32.7. The lowest BCUT2D eigenvalue weighted by molar-refractivity contribution is 0.180. The first kappa shape index (κ1) is 15.3. The van der Waals surface area contributed by atoms with E-state index in [9.17, 15) is 9.13 Å². The second-order valence-electron chi connectivity index (χ2n) is 2.24. The molecule has 0 rings (SSSR count). The maximum Gasteiger partial charge on any atom is 0.477 e. The van der Waals surface area contributed by atoms with Crippen LogP contribution in [0, 0.1) is 0 Å². The molecule has 0 aliphatic rings. The SMILES string of the molecule is C=CCOCCSP(=O)(O)OP(=O)(O)O. The molecule has 0 radical (unpaired) electrons. The lowest BCUT2D eigenvalue weighted by Gasteiger charge is -2.11. The van der Waals surface area contributed by atoms with Gasteiger partial charge in [0.15, 0.2) is 0 Å². The minimum atomic E-state index is -4.94. The molecule has 0 amide bonds. The van der Waals surface area contributed by atoms with E-state index in [1.807, 2.05) is 0 Å². The Morgan fingerprint density at radius 2 is 1.93 bits per heavy atom. The van der Waals surface area contributed by atoms with E-state index >= 15 is 0 Å². The molecule has 1 unspecified atom stereocenters. The van der Waals surface area contributed by atoms with Crippen LogP contribution in [0.5, 0.6) is 0 Å². The van der Waals surface area contributed by atoms with E-state index in [2.05, 4.69) is 10.9 Å². The molecule has 0 saturated heterocycles. The molecule has 0 saturated carbocycles. The normalized spacial score (nSPS) is 15.9. The molecule has 90 valence electrons. The Hall–Kier alpha value is 0.350. The van der Waals surface area contributed by atoms with Gasteiger partial charge >= 0.3 is 14.6 Å². The van der Waals surface area contributed by atoms with Gasteiger partial charge < -0.3 is 19.4 Å². The van der Waals surface area contributed by atoms with Crippen molar-refractivity contribution in [2.45, 2.75) is 0 Å². The minimum Gasteiger partial charge on any atom is -0.377 e. The topological polar surface area (TPSA) is 113 Å². The summed E-state index contributed by atoms with van der Waals surface area (Å²) in [6, 6.07) is 0. The number of phosphoric acid groups is 1. The molecule has 0 aromatic heterocycles. The van der Waals surface area contributed by atoms with Crippen LogP contribution in [0.15, 0.2) is 12.7 Å². The Balaban J connectivity index is 3.80. The van der Waals surface area contributed by atoms with Gasteiger partial charge in [-0.3, -0.25) is 0 Å². The molecule has 0 aliphatic heterocycles. The Labute approximate surface area is 91.0 Å². The third-order valence-electron chi connectivity index (χ3n) is 0.927. The number of ether oxygens (including phenoxy) is 1. The van der Waals surface area contributed by atoms with Gasteiger partial charge in [-0.25, -0.2) is 9.13 Å². The Morgan fingerprint density at radius 3 is 2.40 bits per heavy atom. The van der Waals surface area contributed by atoms with Crippen molar-refractivity contribution >= 4 is 26.0 Å².